The largest absolute Gasteiger partial charge is 0.374 e. The lowest BCUT2D eigenvalue weighted by Gasteiger charge is -2.25. The van der Waals surface area contributed by atoms with Crippen molar-refractivity contribution in [1.82, 2.24) is 0 Å². The first-order chi connectivity index (χ1) is 9.74. The first-order valence-corrected chi connectivity index (χ1v) is 7.25. The van der Waals surface area contributed by atoms with Gasteiger partial charge in [0.15, 0.2) is 0 Å². The average Bonchev–Trinajstić information content (AvgIpc) is 2.53. The normalized spacial score (nSPS) is 11.7. The smallest absolute Gasteiger partial charge is 0.0992 e. The van der Waals surface area contributed by atoms with E-state index >= 15 is 0 Å². The minimum Gasteiger partial charge on any atom is -0.374 e. The molecule has 0 saturated carbocycles. The molecule has 2 aromatic rings. The molecule has 0 bridgehead atoms. The summed E-state index contributed by atoms with van der Waals surface area (Å²) in [4.78, 5) is 2.18. The maximum Gasteiger partial charge on any atom is 0.0992 e. The van der Waals surface area contributed by atoms with Gasteiger partial charge in [0, 0.05) is 25.2 Å². The lowest BCUT2D eigenvalue weighted by atomic mass is 10.0. The predicted octanol–water partition coefficient (Wildman–Crippen LogP) is 3.71. The van der Waals surface area contributed by atoms with Gasteiger partial charge < -0.3 is 4.90 Å². The number of hydrogen-bond acceptors (Lipinski definition) is 3. The number of hydrogen-bond donors (Lipinski definition) is 1. The van der Waals surface area contributed by atoms with Crippen LogP contribution in [0.5, 0.6) is 0 Å². The molecular weight excluding hydrogens is 264 g/mol. The van der Waals surface area contributed by atoms with Crippen LogP contribution in [0.15, 0.2) is 54.6 Å². The summed E-state index contributed by atoms with van der Waals surface area (Å²) in [6, 6.07) is 20.3. The first kappa shape index (κ1) is 14.5. The molecule has 0 aliphatic carbocycles. The van der Waals surface area contributed by atoms with Crippen molar-refractivity contribution >= 4 is 18.3 Å². The number of likely N-dealkylation sites (N-methyl/N-ethyl adjacent to an activating group) is 1. The summed E-state index contributed by atoms with van der Waals surface area (Å²) >= 11 is 4.47. The van der Waals surface area contributed by atoms with Gasteiger partial charge in [-0.05, 0) is 29.5 Å². The molecule has 20 heavy (non-hydrogen) atoms. The van der Waals surface area contributed by atoms with Gasteiger partial charge in [0.25, 0.3) is 0 Å². The first-order valence-electron chi connectivity index (χ1n) is 6.61. The van der Waals surface area contributed by atoms with E-state index in [-0.39, 0.29) is 0 Å². The highest BCUT2D eigenvalue weighted by Gasteiger charge is 2.13. The molecular formula is C17H18N2S. The topological polar surface area (TPSA) is 27.0 Å². The molecule has 0 fully saturated rings. The van der Waals surface area contributed by atoms with Gasteiger partial charge in [-0.3, -0.25) is 0 Å². The van der Waals surface area contributed by atoms with Crippen molar-refractivity contribution in [3.63, 3.8) is 0 Å². The Morgan fingerprint density at radius 3 is 2.55 bits per heavy atom. The maximum absolute atomic E-state index is 8.97. The van der Waals surface area contributed by atoms with Crippen LogP contribution in [0.25, 0.3) is 0 Å². The second-order valence-electron chi connectivity index (χ2n) is 4.83. The number of benzene rings is 2. The van der Waals surface area contributed by atoms with Gasteiger partial charge in [-0.25, -0.2) is 0 Å². The molecule has 102 valence electrons. The van der Waals surface area contributed by atoms with E-state index in [2.05, 4.69) is 54.9 Å². The van der Waals surface area contributed by atoms with E-state index in [0.29, 0.717) is 11.5 Å². The Balaban J connectivity index is 2.13. The monoisotopic (exact) mass is 282 g/mol. The highest BCUT2D eigenvalue weighted by molar-refractivity contribution is 7.80. The number of nitriles is 1. The Labute approximate surface area is 126 Å². The van der Waals surface area contributed by atoms with E-state index in [1.165, 1.54) is 5.56 Å². The van der Waals surface area contributed by atoms with Crippen molar-refractivity contribution in [3.8, 4) is 6.07 Å². The van der Waals surface area contributed by atoms with E-state index in [4.69, 9.17) is 5.26 Å². The van der Waals surface area contributed by atoms with Crippen molar-refractivity contribution < 1.29 is 0 Å². The molecule has 0 N–H and O–H groups in total. The minimum absolute atomic E-state index is 0.371. The maximum atomic E-state index is 8.97. The summed E-state index contributed by atoms with van der Waals surface area (Å²) in [6.07, 6.45) is 0. The number of thiol groups is 1. The standard InChI is InChI=1S/C17H18N2S/c1-19(17-9-5-6-14(10-17)11-18)12-16(13-20)15-7-3-2-4-8-15/h2-10,16,20H,12-13H2,1H3. The van der Waals surface area contributed by atoms with Crippen LogP contribution in [0.1, 0.15) is 17.0 Å². The molecule has 3 heteroatoms. The van der Waals surface area contributed by atoms with Crippen molar-refractivity contribution in [3.05, 3.63) is 65.7 Å². The summed E-state index contributed by atoms with van der Waals surface area (Å²) in [7, 11) is 2.05. The third-order valence-electron chi connectivity index (χ3n) is 3.40. The third-order valence-corrected chi connectivity index (χ3v) is 3.84. The van der Waals surface area contributed by atoms with Crippen LogP contribution in [0, 0.1) is 11.3 Å². The van der Waals surface area contributed by atoms with Gasteiger partial charge in [-0.15, -0.1) is 0 Å². The summed E-state index contributed by atoms with van der Waals surface area (Å²) in [5, 5.41) is 8.97. The van der Waals surface area contributed by atoms with E-state index in [0.717, 1.165) is 18.0 Å². The number of nitrogens with zero attached hydrogens (tertiary/aromatic N) is 2. The van der Waals surface area contributed by atoms with Crippen LogP contribution in [-0.2, 0) is 0 Å². The SMILES string of the molecule is CN(CC(CS)c1ccccc1)c1cccc(C#N)c1. The molecule has 0 aliphatic heterocycles. The van der Waals surface area contributed by atoms with Gasteiger partial charge >= 0.3 is 0 Å². The lowest BCUT2D eigenvalue weighted by molar-refractivity contribution is 0.745. The van der Waals surface area contributed by atoms with Crippen molar-refractivity contribution in [2.24, 2.45) is 0 Å². The molecule has 0 radical (unpaired) electrons. The van der Waals surface area contributed by atoms with Crippen LogP contribution >= 0.6 is 12.6 Å². The molecule has 0 amide bonds. The summed E-state index contributed by atoms with van der Waals surface area (Å²) in [6.45, 7) is 0.877. The fourth-order valence-electron chi connectivity index (χ4n) is 2.24. The molecule has 1 atom stereocenters. The summed E-state index contributed by atoms with van der Waals surface area (Å²) < 4.78 is 0. The summed E-state index contributed by atoms with van der Waals surface area (Å²) in [5.74, 6) is 1.17. The number of rotatable bonds is 5. The Kier molecular flexibility index (Phi) is 5.09. The second kappa shape index (κ2) is 7.02. The second-order valence-corrected chi connectivity index (χ2v) is 5.20. The average molecular weight is 282 g/mol. The van der Waals surface area contributed by atoms with Crippen LogP contribution in [0.4, 0.5) is 5.69 Å². The Morgan fingerprint density at radius 1 is 1.15 bits per heavy atom. The molecule has 0 heterocycles. The van der Waals surface area contributed by atoms with Gasteiger partial charge in [-0.1, -0.05) is 36.4 Å². The highest BCUT2D eigenvalue weighted by atomic mass is 32.1. The molecule has 0 aliphatic rings. The fraction of sp³-hybridized carbons (Fsp3) is 0.235. The van der Waals surface area contributed by atoms with E-state index in [9.17, 15) is 0 Å². The minimum atomic E-state index is 0.371. The summed E-state index contributed by atoms with van der Waals surface area (Å²) in [5.41, 5.74) is 3.05. The highest BCUT2D eigenvalue weighted by Crippen LogP contribution is 2.22. The zero-order valence-corrected chi connectivity index (χ0v) is 12.4. The van der Waals surface area contributed by atoms with Gasteiger partial charge in [0.1, 0.15) is 0 Å². The lowest BCUT2D eigenvalue weighted by Crippen LogP contribution is -2.25. The predicted molar refractivity (Wildman–Crippen MR) is 87.5 cm³/mol. The van der Waals surface area contributed by atoms with E-state index < -0.39 is 0 Å². The van der Waals surface area contributed by atoms with Crippen LogP contribution in [0.3, 0.4) is 0 Å². The third kappa shape index (κ3) is 3.55. The molecule has 1 unspecified atom stereocenters. The molecule has 0 spiro atoms. The van der Waals surface area contributed by atoms with E-state index in [1.54, 1.807) is 0 Å². The van der Waals surface area contributed by atoms with Gasteiger partial charge in [0.05, 0.1) is 11.6 Å². The molecule has 0 saturated heterocycles. The van der Waals surface area contributed by atoms with Gasteiger partial charge in [-0.2, -0.15) is 17.9 Å². The quantitative estimate of drug-likeness (QED) is 0.846. The molecule has 2 aromatic carbocycles. The van der Waals surface area contributed by atoms with E-state index in [1.807, 2.05) is 30.3 Å². The van der Waals surface area contributed by atoms with Crippen molar-refractivity contribution in [1.29, 1.82) is 5.26 Å². The zero-order valence-electron chi connectivity index (χ0n) is 11.5. The van der Waals surface area contributed by atoms with Crippen molar-refractivity contribution in [2.75, 3.05) is 24.2 Å². The van der Waals surface area contributed by atoms with Crippen LogP contribution in [-0.4, -0.2) is 19.3 Å². The number of anilines is 1. The Morgan fingerprint density at radius 2 is 1.90 bits per heavy atom. The Hall–Kier alpha value is -1.92. The molecule has 2 rings (SSSR count). The van der Waals surface area contributed by atoms with Crippen molar-refractivity contribution in [2.45, 2.75) is 5.92 Å². The zero-order chi connectivity index (χ0) is 14.4. The molecule has 0 aromatic heterocycles. The fourth-order valence-corrected chi connectivity index (χ4v) is 2.57. The molecule has 2 nitrogen and oxygen atoms in total. The van der Waals surface area contributed by atoms with Crippen LogP contribution < -0.4 is 4.90 Å². The Bertz CT molecular complexity index is 589. The van der Waals surface area contributed by atoms with Gasteiger partial charge in [0.2, 0.25) is 0 Å². The van der Waals surface area contributed by atoms with Crippen LogP contribution in [0.2, 0.25) is 0 Å².